The number of carbonyl (C=O) groups is 1. The summed E-state index contributed by atoms with van der Waals surface area (Å²) in [5.41, 5.74) is 1.08. The molecule has 0 unspecified atom stereocenters. The van der Waals surface area contributed by atoms with Crippen molar-refractivity contribution in [1.29, 1.82) is 0 Å². The van der Waals surface area contributed by atoms with Crippen molar-refractivity contribution < 1.29 is 13.2 Å². The summed E-state index contributed by atoms with van der Waals surface area (Å²) in [6.45, 7) is 3.39. The summed E-state index contributed by atoms with van der Waals surface area (Å²) in [5, 5.41) is 2.92. The maximum absolute atomic E-state index is 12.2. The number of piperazine rings is 1. The molecule has 2 aliphatic heterocycles. The van der Waals surface area contributed by atoms with Crippen LogP contribution < -0.4 is 10.2 Å². The normalized spacial score (nSPS) is 26.6. The summed E-state index contributed by atoms with van der Waals surface area (Å²) in [5.74, 6) is -0.322. The van der Waals surface area contributed by atoms with Crippen LogP contribution in [0.15, 0.2) is 24.3 Å². The van der Waals surface area contributed by atoms with Crippen LogP contribution in [0.25, 0.3) is 0 Å². The number of benzene rings is 1. The fourth-order valence-corrected chi connectivity index (χ4v) is 5.96. The van der Waals surface area contributed by atoms with Gasteiger partial charge in [0, 0.05) is 36.9 Å². The Bertz CT molecular complexity index is 736. The highest BCUT2D eigenvalue weighted by atomic mass is 35.5. The summed E-state index contributed by atoms with van der Waals surface area (Å²) in [4.78, 5) is 16.5. The number of nitrogens with zero attached hydrogens (tertiary/aromatic N) is 2. The molecule has 0 spiro atoms. The minimum atomic E-state index is -3.14. The van der Waals surface area contributed by atoms with Crippen LogP contribution in [-0.2, 0) is 14.6 Å². The van der Waals surface area contributed by atoms with Crippen LogP contribution in [0.3, 0.4) is 0 Å². The lowest BCUT2D eigenvalue weighted by atomic mass is 10.2. The van der Waals surface area contributed by atoms with E-state index in [2.05, 4.69) is 15.1 Å². The molecule has 6 nitrogen and oxygen atoms in total. The molecule has 0 aliphatic carbocycles. The molecular formula is C16H21Cl2N3O3S. The molecule has 2 fully saturated rings. The average Bonchev–Trinajstić information content (AvgIpc) is 2.80. The van der Waals surface area contributed by atoms with Gasteiger partial charge in [0.2, 0.25) is 5.91 Å². The standard InChI is InChI=1S/C16H21Cl2N3O3S/c17-12-2-1-3-13(8-12)21-6-4-20(5-7-21)9-16(22)19-15-11-25(23,24)10-14(15)18/h1-3,8,14-15H,4-7,9-11H2,(H,19,22)/t14-,15-/m0/s1. The van der Waals surface area contributed by atoms with Crippen molar-refractivity contribution in [2.75, 3.05) is 49.1 Å². The first-order chi connectivity index (χ1) is 11.8. The quantitative estimate of drug-likeness (QED) is 0.756. The monoisotopic (exact) mass is 405 g/mol. The zero-order valence-electron chi connectivity index (χ0n) is 13.7. The van der Waals surface area contributed by atoms with Crippen LogP contribution in [-0.4, -0.2) is 74.9 Å². The summed E-state index contributed by atoms with van der Waals surface area (Å²) in [6.07, 6.45) is 0. The van der Waals surface area contributed by atoms with Gasteiger partial charge in [-0.25, -0.2) is 8.42 Å². The first-order valence-corrected chi connectivity index (χ1v) is 10.8. The number of alkyl halides is 1. The van der Waals surface area contributed by atoms with Gasteiger partial charge in [0.15, 0.2) is 9.84 Å². The molecule has 1 aromatic carbocycles. The van der Waals surface area contributed by atoms with Crippen LogP contribution in [0.2, 0.25) is 5.02 Å². The van der Waals surface area contributed by atoms with Gasteiger partial charge in [-0.3, -0.25) is 9.69 Å². The Labute approximate surface area is 158 Å². The average molecular weight is 406 g/mol. The van der Waals surface area contributed by atoms with E-state index in [1.54, 1.807) is 0 Å². The fourth-order valence-electron chi connectivity index (χ4n) is 3.23. The van der Waals surface area contributed by atoms with Crippen LogP contribution in [0, 0.1) is 0 Å². The number of hydrogen-bond donors (Lipinski definition) is 1. The number of nitrogens with one attached hydrogen (secondary N) is 1. The van der Waals surface area contributed by atoms with Crippen LogP contribution in [0.5, 0.6) is 0 Å². The van der Waals surface area contributed by atoms with E-state index in [0.717, 1.165) is 31.9 Å². The molecule has 0 bridgehead atoms. The Hall–Kier alpha value is -1.02. The fraction of sp³-hybridized carbons (Fsp3) is 0.562. The number of halogens is 2. The molecule has 0 radical (unpaired) electrons. The third-order valence-corrected chi connectivity index (χ3v) is 7.15. The van der Waals surface area contributed by atoms with Crippen LogP contribution in [0.1, 0.15) is 0 Å². The summed E-state index contributed by atoms with van der Waals surface area (Å²) in [6, 6.07) is 7.24. The van der Waals surface area contributed by atoms with E-state index in [0.29, 0.717) is 5.02 Å². The lowest BCUT2D eigenvalue weighted by Gasteiger charge is -2.36. The topological polar surface area (TPSA) is 69.7 Å². The molecule has 0 saturated carbocycles. The number of hydrogen-bond acceptors (Lipinski definition) is 5. The second-order valence-corrected chi connectivity index (χ2v) is 9.66. The molecule has 2 atom stereocenters. The van der Waals surface area contributed by atoms with Gasteiger partial charge in [-0.2, -0.15) is 0 Å². The lowest BCUT2D eigenvalue weighted by Crippen LogP contribution is -2.51. The lowest BCUT2D eigenvalue weighted by molar-refractivity contribution is -0.122. The molecule has 1 N–H and O–H groups in total. The zero-order valence-corrected chi connectivity index (χ0v) is 16.0. The predicted molar refractivity (Wildman–Crippen MR) is 100 cm³/mol. The van der Waals surface area contributed by atoms with Crippen molar-refractivity contribution in [3.8, 4) is 0 Å². The molecule has 3 rings (SSSR count). The molecule has 2 saturated heterocycles. The van der Waals surface area contributed by atoms with E-state index in [1.807, 2.05) is 24.3 Å². The summed E-state index contributed by atoms with van der Waals surface area (Å²) < 4.78 is 23.1. The Morgan fingerprint density at radius 2 is 1.92 bits per heavy atom. The molecule has 2 aliphatic rings. The molecule has 9 heteroatoms. The van der Waals surface area contributed by atoms with E-state index in [4.69, 9.17) is 23.2 Å². The summed E-state index contributed by atoms with van der Waals surface area (Å²) >= 11 is 12.1. The molecule has 1 amide bonds. The first kappa shape index (κ1) is 18.8. The van der Waals surface area contributed by atoms with Crippen molar-refractivity contribution in [2.45, 2.75) is 11.4 Å². The SMILES string of the molecule is O=C(CN1CCN(c2cccc(Cl)c2)CC1)N[C@H]1CS(=O)(=O)C[C@@H]1Cl. The highest BCUT2D eigenvalue weighted by molar-refractivity contribution is 7.91. The smallest absolute Gasteiger partial charge is 0.234 e. The van der Waals surface area contributed by atoms with Gasteiger partial charge in [-0.05, 0) is 18.2 Å². The van der Waals surface area contributed by atoms with Gasteiger partial charge in [-0.1, -0.05) is 17.7 Å². The van der Waals surface area contributed by atoms with Crippen LogP contribution >= 0.6 is 23.2 Å². The van der Waals surface area contributed by atoms with E-state index in [1.165, 1.54) is 0 Å². The minimum absolute atomic E-state index is 0.0716. The second-order valence-electron chi connectivity index (χ2n) is 6.51. The highest BCUT2D eigenvalue weighted by Gasteiger charge is 2.37. The highest BCUT2D eigenvalue weighted by Crippen LogP contribution is 2.21. The van der Waals surface area contributed by atoms with Crippen molar-refractivity contribution in [3.63, 3.8) is 0 Å². The number of sulfone groups is 1. The predicted octanol–water partition coefficient (Wildman–Crippen LogP) is 0.983. The second kappa shape index (κ2) is 7.70. The van der Waals surface area contributed by atoms with Gasteiger partial charge >= 0.3 is 0 Å². The van der Waals surface area contributed by atoms with Crippen LogP contribution in [0.4, 0.5) is 5.69 Å². The maximum Gasteiger partial charge on any atom is 0.234 e. The third kappa shape index (κ3) is 5.00. The minimum Gasteiger partial charge on any atom is -0.369 e. The van der Waals surface area contributed by atoms with E-state index < -0.39 is 21.3 Å². The molecule has 0 aromatic heterocycles. The summed E-state index contributed by atoms with van der Waals surface area (Å²) in [7, 11) is -3.14. The van der Waals surface area contributed by atoms with E-state index in [-0.39, 0.29) is 24.0 Å². The zero-order chi connectivity index (χ0) is 18.0. The number of rotatable bonds is 4. The maximum atomic E-state index is 12.2. The van der Waals surface area contributed by atoms with E-state index in [9.17, 15) is 13.2 Å². The largest absolute Gasteiger partial charge is 0.369 e. The molecule has 1 aromatic rings. The van der Waals surface area contributed by atoms with Crippen molar-refractivity contribution >= 4 is 44.6 Å². The van der Waals surface area contributed by atoms with E-state index >= 15 is 0 Å². The first-order valence-electron chi connectivity index (χ1n) is 8.19. The van der Waals surface area contributed by atoms with Gasteiger partial charge in [-0.15, -0.1) is 11.6 Å². The molecule has 138 valence electrons. The van der Waals surface area contributed by atoms with Crippen molar-refractivity contribution in [2.24, 2.45) is 0 Å². The van der Waals surface area contributed by atoms with Gasteiger partial charge < -0.3 is 10.2 Å². The van der Waals surface area contributed by atoms with Crippen molar-refractivity contribution in [1.82, 2.24) is 10.2 Å². The number of anilines is 1. The molecule has 2 heterocycles. The Morgan fingerprint density at radius 1 is 1.20 bits per heavy atom. The number of carbonyl (C=O) groups excluding carboxylic acids is 1. The van der Waals surface area contributed by atoms with Gasteiger partial charge in [0.05, 0.1) is 29.5 Å². The molecule has 25 heavy (non-hydrogen) atoms. The van der Waals surface area contributed by atoms with Gasteiger partial charge in [0.25, 0.3) is 0 Å². The Kier molecular flexibility index (Phi) is 5.78. The van der Waals surface area contributed by atoms with Gasteiger partial charge in [0.1, 0.15) is 0 Å². The Balaban J connectivity index is 1.47. The molecular weight excluding hydrogens is 385 g/mol. The Morgan fingerprint density at radius 3 is 2.52 bits per heavy atom. The van der Waals surface area contributed by atoms with Crippen molar-refractivity contribution in [3.05, 3.63) is 29.3 Å². The third-order valence-electron chi connectivity index (χ3n) is 4.54. The number of amides is 1.